The monoisotopic (exact) mass is 543 g/mol. The van der Waals surface area contributed by atoms with Gasteiger partial charge in [0.25, 0.3) is 0 Å². The van der Waals surface area contributed by atoms with E-state index in [0.717, 1.165) is 35.2 Å². The number of hydrogen-bond acceptors (Lipinski definition) is 7. The van der Waals surface area contributed by atoms with E-state index in [1.165, 1.54) is 6.07 Å². The molecule has 9 heteroatoms. The Bertz CT molecular complexity index is 1410. The summed E-state index contributed by atoms with van der Waals surface area (Å²) in [7, 11) is 0. The number of H-pyrrole nitrogens is 1. The van der Waals surface area contributed by atoms with Gasteiger partial charge in [0, 0.05) is 42.0 Å². The molecule has 1 saturated heterocycles. The van der Waals surface area contributed by atoms with Gasteiger partial charge in [-0.2, -0.15) is 5.10 Å². The highest BCUT2D eigenvalue weighted by Crippen LogP contribution is 2.33. The number of nitrogens with one attached hydrogen (secondary N) is 2. The van der Waals surface area contributed by atoms with Gasteiger partial charge < -0.3 is 14.9 Å². The lowest BCUT2D eigenvalue weighted by atomic mass is 9.94. The highest BCUT2D eigenvalue weighted by molar-refractivity contribution is 5.65. The van der Waals surface area contributed by atoms with Crippen LogP contribution in [0.15, 0.2) is 79.1 Å². The van der Waals surface area contributed by atoms with Gasteiger partial charge in [-0.15, -0.1) is 5.06 Å². The molecular formula is C31H34FN5O3. The number of hydrogen-bond donors (Lipinski definition) is 2. The second kappa shape index (κ2) is 12.0. The number of carbonyl (C=O) groups excluding carboxylic acids is 1. The molecule has 1 unspecified atom stereocenters. The van der Waals surface area contributed by atoms with Crippen LogP contribution in [0.4, 0.5) is 9.18 Å². The minimum absolute atomic E-state index is 0.112. The molecular weight excluding hydrogens is 509 g/mol. The van der Waals surface area contributed by atoms with Gasteiger partial charge in [0.05, 0.1) is 23.6 Å². The van der Waals surface area contributed by atoms with E-state index < -0.39 is 11.8 Å². The van der Waals surface area contributed by atoms with Gasteiger partial charge in [-0.05, 0) is 57.4 Å². The maximum absolute atomic E-state index is 14.8. The maximum atomic E-state index is 14.8. The van der Waals surface area contributed by atoms with E-state index in [-0.39, 0.29) is 17.9 Å². The van der Waals surface area contributed by atoms with Crippen molar-refractivity contribution in [1.82, 2.24) is 25.6 Å². The number of benzene rings is 2. The standard InChI is InChI=1S/C31H34FN5O3/c1-31(2,3)39-30(38)40-37-17-15-23(16-18-37)35-28(22-13-14-27(33-19-22)21-9-5-4-6-10-21)25-20-34-36-29(25)24-11-7-8-12-26(24)32/h4-14,19-20,23,28,35H,15-18H2,1-3H3,(H,34,36). The van der Waals surface area contributed by atoms with Crippen LogP contribution in [0.3, 0.4) is 0 Å². The number of hydroxylamine groups is 2. The predicted molar refractivity (Wildman–Crippen MR) is 151 cm³/mol. The average Bonchev–Trinajstić information content (AvgIpc) is 3.42. The van der Waals surface area contributed by atoms with Gasteiger partial charge in [0.15, 0.2) is 0 Å². The number of nitrogens with zero attached hydrogens (tertiary/aromatic N) is 3. The van der Waals surface area contributed by atoms with Gasteiger partial charge in [-0.3, -0.25) is 10.1 Å². The lowest BCUT2D eigenvalue weighted by Gasteiger charge is -2.33. The molecule has 3 heterocycles. The summed E-state index contributed by atoms with van der Waals surface area (Å²) in [5.41, 5.74) is 4.13. The molecule has 1 atom stereocenters. The number of aromatic nitrogens is 3. The summed E-state index contributed by atoms with van der Waals surface area (Å²) >= 11 is 0. The topological polar surface area (TPSA) is 92.4 Å². The first-order valence-electron chi connectivity index (χ1n) is 13.5. The Morgan fingerprint density at radius 2 is 1.75 bits per heavy atom. The third-order valence-corrected chi connectivity index (χ3v) is 6.76. The molecule has 0 bridgehead atoms. The molecule has 4 aromatic rings. The van der Waals surface area contributed by atoms with Gasteiger partial charge in [-0.25, -0.2) is 9.18 Å². The second-order valence-electron chi connectivity index (χ2n) is 10.9. The lowest BCUT2D eigenvalue weighted by Crippen LogP contribution is -2.45. The highest BCUT2D eigenvalue weighted by atomic mass is 19.1. The fraction of sp³-hybridized carbons (Fsp3) is 0.323. The van der Waals surface area contributed by atoms with Crippen molar-refractivity contribution < 1.29 is 18.8 Å². The van der Waals surface area contributed by atoms with E-state index in [1.54, 1.807) is 44.2 Å². The number of halogens is 1. The van der Waals surface area contributed by atoms with Crippen molar-refractivity contribution in [3.63, 3.8) is 0 Å². The van der Waals surface area contributed by atoms with Crippen LogP contribution in [0.25, 0.3) is 22.5 Å². The van der Waals surface area contributed by atoms with Crippen LogP contribution >= 0.6 is 0 Å². The first kappa shape index (κ1) is 27.5. The van der Waals surface area contributed by atoms with E-state index >= 15 is 0 Å². The van der Waals surface area contributed by atoms with Gasteiger partial charge in [0.1, 0.15) is 11.4 Å². The van der Waals surface area contributed by atoms with Crippen LogP contribution in [-0.2, 0) is 9.57 Å². The Hall–Kier alpha value is -4.08. The van der Waals surface area contributed by atoms with Crippen LogP contribution in [0, 0.1) is 5.82 Å². The molecule has 2 aromatic heterocycles. The fourth-order valence-corrected chi connectivity index (χ4v) is 4.84. The Balaban J connectivity index is 1.37. The summed E-state index contributed by atoms with van der Waals surface area (Å²) in [4.78, 5) is 22.2. The van der Waals surface area contributed by atoms with Crippen LogP contribution in [0.5, 0.6) is 0 Å². The molecule has 0 aliphatic carbocycles. The number of carbonyl (C=O) groups is 1. The molecule has 0 radical (unpaired) electrons. The van der Waals surface area contributed by atoms with E-state index in [0.29, 0.717) is 24.3 Å². The molecule has 1 aliphatic rings. The zero-order chi connectivity index (χ0) is 28.1. The number of piperidine rings is 1. The summed E-state index contributed by atoms with van der Waals surface area (Å²) in [6.07, 6.45) is 4.38. The van der Waals surface area contributed by atoms with Crippen LogP contribution in [-0.4, -0.2) is 51.1 Å². The molecule has 2 N–H and O–H groups in total. The third-order valence-electron chi connectivity index (χ3n) is 6.76. The molecule has 5 rings (SSSR count). The Kier molecular flexibility index (Phi) is 8.23. The molecule has 8 nitrogen and oxygen atoms in total. The largest absolute Gasteiger partial charge is 0.528 e. The van der Waals surface area contributed by atoms with Gasteiger partial charge >= 0.3 is 6.16 Å². The quantitative estimate of drug-likeness (QED) is 0.265. The zero-order valence-corrected chi connectivity index (χ0v) is 22.9. The second-order valence-corrected chi connectivity index (χ2v) is 10.9. The van der Waals surface area contributed by atoms with E-state index in [1.807, 2.05) is 54.7 Å². The summed E-state index contributed by atoms with van der Waals surface area (Å²) in [5.74, 6) is -0.322. The summed E-state index contributed by atoms with van der Waals surface area (Å²) in [6, 6.07) is 20.5. The van der Waals surface area contributed by atoms with Crippen LogP contribution in [0.2, 0.25) is 0 Å². The molecule has 0 spiro atoms. The van der Waals surface area contributed by atoms with Crippen LogP contribution in [0.1, 0.15) is 50.8 Å². The zero-order valence-electron chi connectivity index (χ0n) is 22.9. The van der Waals surface area contributed by atoms with Gasteiger partial charge in [0.2, 0.25) is 0 Å². The molecule has 1 fully saturated rings. The minimum atomic E-state index is -0.700. The summed E-state index contributed by atoms with van der Waals surface area (Å²) in [6.45, 7) is 6.52. The molecule has 0 saturated carbocycles. The van der Waals surface area contributed by atoms with Crippen LogP contribution < -0.4 is 5.32 Å². The Morgan fingerprint density at radius 1 is 1.02 bits per heavy atom. The van der Waals surface area contributed by atoms with Crippen molar-refractivity contribution in [1.29, 1.82) is 0 Å². The van der Waals surface area contributed by atoms with Crippen molar-refractivity contribution in [3.05, 3.63) is 96.1 Å². The molecule has 1 aliphatic heterocycles. The van der Waals surface area contributed by atoms with Crippen molar-refractivity contribution in [2.24, 2.45) is 0 Å². The number of pyridine rings is 1. The number of rotatable bonds is 7. The van der Waals surface area contributed by atoms with E-state index in [2.05, 4.69) is 15.5 Å². The lowest BCUT2D eigenvalue weighted by molar-refractivity contribution is -0.153. The SMILES string of the molecule is CC(C)(C)OC(=O)ON1CCC(NC(c2ccc(-c3ccccc3)nc2)c2cn[nH]c2-c2ccccc2F)CC1. The molecule has 40 heavy (non-hydrogen) atoms. The predicted octanol–water partition coefficient (Wildman–Crippen LogP) is 6.29. The smallest absolute Gasteiger partial charge is 0.427 e. The van der Waals surface area contributed by atoms with Crippen molar-refractivity contribution in [2.45, 2.75) is 51.3 Å². The first-order valence-corrected chi connectivity index (χ1v) is 13.5. The van der Waals surface area contributed by atoms with Crippen molar-refractivity contribution in [2.75, 3.05) is 13.1 Å². The Labute approximate surface area is 233 Å². The molecule has 2 aromatic carbocycles. The minimum Gasteiger partial charge on any atom is -0.427 e. The third kappa shape index (κ3) is 6.73. The number of aromatic amines is 1. The summed E-state index contributed by atoms with van der Waals surface area (Å²) < 4.78 is 20.1. The van der Waals surface area contributed by atoms with E-state index in [4.69, 9.17) is 14.6 Å². The fourth-order valence-electron chi connectivity index (χ4n) is 4.84. The summed E-state index contributed by atoms with van der Waals surface area (Å²) in [5, 5.41) is 12.7. The number of ether oxygens (including phenoxy) is 1. The van der Waals surface area contributed by atoms with Crippen molar-refractivity contribution >= 4 is 6.16 Å². The maximum Gasteiger partial charge on any atom is 0.528 e. The Morgan fingerprint density at radius 3 is 2.42 bits per heavy atom. The average molecular weight is 544 g/mol. The molecule has 0 amide bonds. The highest BCUT2D eigenvalue weighted by Gasteiger charge is 2.29. The van der Waals surface area contributed by atoms with E-state index in [9.17, 15) is 9.18 Å². The normalized spacial score (nSPS) is 15.5. The molecule has 208 valence electrons. The first-order chi connectivity index (χ1) is 19.3. The van der Waals surface area contributed by atoms with Gasteiger partial charge in [-0.1, -0.05) is 48.5 Å². The van der Waals surface area contributed by atoms with Crippen molar-refractivity contribution in [3.8, 4) is 22.5 Å².